The summed E-state index contributed by atoms with van der Waals surface area (Å²) in [6.45, 7) is 8.89. The van der Waals surface area contributed by atoms with Crippen LogP contribution < -0.4 is 10.1 Å². The van der Waals surface area contributed by atoms with Crippen molar-refractivity contribution in [3.8, 4) is 5.75 Å². The Labute approximate surface area is 122 Å². The quantitative estimate of drug-likeness (QED) is 0.917. The third kappa shape index (κ3) is 2.99. The van der Waals surface area contributed by atoms with E-state index in [0.717, 1.165) is 31.4 Å². The molecular weight excluding hydrogens is 248 g/mol. The van der Waals surface area contributed by atoms with Gasteiger partial charge in [0, 0.05) is 24.7 Å². The summed E-state index contributed by atoms with van der Waals surface area (Å²) in [7, 11) is 0. The van der Waals surface area contributed by atoms with Crippen LogP contribution in [0.25, 0.3) is 0 Å². The van der Waals surface area contributed by atoms with Crippen molar-refractivity contribution in [2.24, 2.45) is 5.92 Å². The van der Waals surface area contributed by atoms with Gasteiger partial charge in [0.05, 0.1) is 6.04 Å². The van der Waals surface area contributed by atoms with Gasteiger partial charge in [-0.1, -0.05) is 32.0 Å². The average Bonchev–Trinajstić information content (AvgIpc) is 2.72. The maximum Gasteiger partial charge on any atom is 0.124 e. The van der Waals surface area contributed by atoms with E-state index in [1.54, 1.807) is 0 Å². The van der Waals surface area contributed by atoms with Crippen LogP contribution in [-0.4, -0.2) is 37.2 Å². The fourth-order valence-electron chi connectivity index (χ4n) is 3.49. The molecule has 1 aromatic rings. The molecule has 3 rings (SSSR count). The molecule has 0 amide bonds. The molecule has 0 radical (unpaired) electrons. The van der Waals surface area contributed by atoms with Crippen molar-refractivity contribution in [3.63, 3.8) is 0 Å². The molecule has 3 heteroatoms. The van der Waals surface area contributed by atoms with Crippen molar-refractivity contribution in [1.29, 1.82) is 0 Å². The zero-order chi connectivity index (χ0) is 13.9. The second-order valence-corrected chi connectivity index (χ2v) is 6.49. The van der Waals surface area contributed by atoms with Crippen LogP contribution in [0.1, 0.15) is 38.3 Å². The van der Waals surface area contributed by atoms with E-state index in [2.05, 4.69) is 48.3 Å². The smallest absolute Gasteiger partial charge is 0.124 e. The Morgan fingerprint density at radius 2 is 2.20 bits per heavy atom. The van der Waals surface area contributed by atoms with Gasteiger partial charge >= 0.3 is 0 Å². The van der Waals surface area contributed by atoms with Crippen LogP contribution in [0.15, 0.2) is 24.3 Å². The highest BCUT2D eigenvalue weighted by Crippen LogP contribution is 2.36. The second-order valence-electron chi connectivity index (χ2n) is 6.49. The molecular formula is C17H26N2O. The molecule has 0 saturated carbocycles. The first kappa shape index (κ1) is 13.9. The minimum absolute atomic E-state index is 0.445. The summed E-state index contributed by atoms with van der Waals surface area (Å²) in [5.41, 5.74) is 1.37. The number of fused-ring (bicyclic) bond motifs is 1. The van der Waals surface area contributed by atoms with E-state index < -0.39 is 0 Å². The molecule has 2 heterocycles. The Bertz CT molecular complexity index is 446. The van der Waals surface area contributed by atoms with Gasteiger partial charge in [-0.05, 0) is 31.4 Å². The lowest BCUT2D eigenvalue weighted by Crippen LogP contribution is -2.40. The molecule has 1 N–H and O–H groups in total. The summed E-state index contributed by atoms with van der Waals surface area (Å²) in [6.07, 6.45) is 2.49. The number of ether oxygens (including phenoxy) is 1. The van der Waals surface area contributed by atoms with E-state index in [1.165, 1.54) is 24.9 Å². The lowest BCUT2D eigenvalue weighted by Gasteiger charge is -2.29. The topological polar surface area (TPSA) is 24.5 Å². The largest absolute Gasteiger partial charge is 0.491 e. The molecule has 2 aliphatic rings. The molecule has 0 aromatic heterocycles. The van der Waals surface area contributed by atoms with E-state index in [-0.39, 0.29) is 0 Å². The van der Waals surface area contributed by atoms with Gasteiger partial charge in [0.2, 0.25) is 0 Å². The van der Waals surface area contributed by atoms with Crippen LogP contribution in [0.2, 0.25) is 0 Å². The Balaban J connectivity index is 1.73. The molecule has 0 bridgehead atoms. The molecule has 0 spiro atoms. The Hall–Kier alpha value is -1.06. The van der Waals surface area contributed by atoms with Crippen LogP contribution in [0.5, 0.6) is 5.75 Å². The number of rotatable bonds is 3. The fourth-order valence-corrected chi connectivity index (χ4v) is 3.49. The van der Waals surface area contributed by atoms with Gasteiger partial charge in [-0.3, -0.25) is 4.90 Å². The minimum Gasteiger partial charge on any atom is -0.491 e. The summed E-state index contributed by atoms with van der Waals surface area (Å²) in [5.74, 6) is 1.83. The van der Waals surface area contributed by atoms with Crippen molar-refractivity contribution >= 4 is 0 Å². The van der Waals surface area contributed by atoms with Crippen molar-refractivity contribution in [2.45, 2.75) is 38.8 Å². The first-order valence-electron chi connectivity index (χ1n) is 7.93. The lowest BCUT2D eigenvalue weighted by atomic mass is 10.0. The van der Waals surface area contributed by atoms with Gasteiger partial charge in [0.25, 0.3) is 0 Å². The highest BCUT2D eigenvalue weighted by molar-refractivity contribution is 5.39. The lowest BCUT2D eigenvalue weighted by molar-refractivity contribution is 0.156. The third-order valence-corrected chi connectivity index (χ3v) is 4.38. The molecule has 3 nitrogen and oxygen atoms in total. The maximum absolute atomic E-state index is 5.86. The number of benzene rings is 1. The van der Waals surface area contributed by atoms with Crippen molar-refractivity contribution in [1.82, 2.24) is 10.2 Å². The number of hydrogen-bond donors (Lipinski definition) is 1. The van der Waals surface area contributed by atoms with Gasteiger partial charge in [0.15, 0.2) is 0 Å². The number of nitrogens with zero attached hydrogens (tertiary/aromatic N) is 1. The first-order chi connectivity index (χ1) is 9.74. The highest BCUT2D eigenvalue weighted by atomic mass is 16.5. The summed E-state index contributed by atoms with van der Waals surface area (Å²) in [4.78, 5) is 2.62. The fraction of sp³-hybridized carbons (Fsp3) is 0.647. The van der Waals surface area contributed by atoms with Crippen LogP contribution in [-0.2, 0) is 0 Å². The molecule has 1 fully saturated rings. The summed E-state index contributed by atoms with van der Waals surface area (Å²) >= 11 is 0. The summed E-state index contributed by atoms with van der Waals surface area (Å²) in [5, 5.41) is 3.71. The van der Waals surface area contributed by atoms with Gasteiger partial charge in [-0.25, -0.2) is 0 Å². The van der Waals surface area contributed by atoms with Gasteiger partial charge in [-0.15, -0.1) is 0 Å². The number of nitrogens with one attached hydrogen (secondary N) is 1. The highest BCUT2D eigenvalue weighted by Gasteiger charge is 2.31. The van der Waals surface area contributed by atoms with E-state index in [9.17, 15) is 0 Å². The Morgan fingerprint density at radius 3 is 3.05 bits per heavy atom. The standard InChI is InChI=1S/C17H26N2O/c1-13(2)10-14-11-19(9-5-8-18-14)16-12-20-17-7-4-3-6-15(16)17/h3-4,6-7,13-14,16,18H,5,8-12H2,1-2H3. The zero-order valence-electron chi connectivity index (χ0n) is 12.6. The predicted molar refractivity (Wildman–Crippen MR) is 82.1 cm³/mol. The van der Waals surface area contributed by atoms with Crippen LogP contribution in [0.3, 0.4) is 0 Å². The predicted octanol–water partition coefficient (Wildman–Crippen LogP) is 2.83. The minimum atomic E-state index is 0.445. The van der Waals surface area contributed by atoms with Crippen molar-refractivity contribution in [3.05, 3.63) is 29.8 Å². The Morgan fingerprint density at radius 1 is 1.35 bits per heavy atom. The van der Waals surface area contributed by atoms with Gasteiger partial charge in [0.1, 0.15) is 12.4 Å². The Kier molecular flexibility index (Phi) is 4.27. The molecule has 1 aromatic carbocycles. The summed E-state index contributed by atoms with van der Waals surface area (Å²) in [6, 6.07) is 9.57. The van der Waals surface area contributed by atoms with Crippen molar-refractivity contribution in [2.75, 3.05) is 26.2 Å². The number of para-hydroxylation sites is 1. The monoisotopic (exact) mass is 274 g/mol. The molecule has 20 heavy (non-hydrogen) atoms. The van der Waals surface area contributed by atoms with Crippen LogP contribution in [0.4, 0.5) is 0 Å². The molecule has 2 atom stereocenters. The SMILES string of the molecule is CC(C)CC1CN(C2COc3ccccc32)CCCN1. The van der Waals surface area contributed by atoms with Gasteiger partial charge < -0.3 is 10.1 Å². The molecule has 2 unspecified atom stereocenters. The molecule has 1 saturated heterocycles. The molecule has 110 valence electrons. The van der Waals surface area contributed by atoms with E-state index >= 15 is 0 Å². The average molecular weight is 274 g/mol. The van der Waals surface area contributed by atoms with Crippen LogP contribution >= 0.6 is 0 Å². The first-order valence-corrected chi connectivity index (χ1v) is 7.93. The molecule has 0 aliphatic carbocycles. The second kappa shape index (κ2) is 6.15. The van der Waals surface area contributed by atoms with Gasteiger partial charge in [-0.2, -0.15) is 0 Å². The normalized spacial score (nSPS) is 27.1. The van der Waals surface area contributed by atoms with E-state index in [4.69, 9.17) is 4.74 Å². The van der Waals surface area contributed by atoms with E-state index in [1.807, 2.05) is 0 Å². The van der Waals surface area contributed by atoms with Crippen molar-refractivity contribution < 1.29 is 4.74 Å². The van der Waals surface area contributed by atoms with E-state index in [0.29, 0.717) is 12.1 Å². The summed E-state index contributed by atoms with van der Waals surface area (Å²) < 4.78 is 5.86. The molecule has 2 aliphatic heterocycles. The zero-order valence-corrected chi connectivity index (χ0v) is 12.6. The maximum atomic E-state index is 5.86. The number of hydrogen-bond acceptors (Lipinski definition) is 3. The third-order valence-electron chi connectivity index (χ3n) is 4.38. The van der Waals surface area contributed by atoms with Crippen LogP contribution in [0, 0.1) is 5.92 Å².